The zero-order valence-electron chi connectivity index (χ0n) is 9.37. The molecule has 4 heteroatoms. The summed E-state index contributed by atoms with van der Waals surface area (Å²) in [6.45, 7) is 2.83. The minimum atomic E-state index is 0.747. The van der Waals surface area contributed by atoms with Crippen LogP contribution in [-0.2, 0) is 13.6 Å². The summed E-state index contributed by atoms with van der Waals surface area (Å²) in [6.07, 6.45) is 1.95. The van der Waals surface area contributed by atoms with Crippen molar-refractivity contribution in [2.75, 3.05) is 5.32 Å². The van der Waals surface area contributed by atoms with E-state index in [1.165, 1.54) is 5.56 Å². The Kier molecular flexibility index (Phi) is 3.29. The first kappa shape index (κ1) is 11.2. The number of aryl methyl sites for hydroxylation is 2. The number of nitrogens with one attached hydrogen (secondary N) is 1. The van der Waals surface area contributed by atoms with Gasteiger partial charge in [0.05, 0.1) is 12.2 Å². The summed E-state index contributed by atoms with van der Waals surface area (Å²) in [5.41, 5.74) is 3.38. The summed E-state index contributed by atoms with van der Waals surface area (Å²) >= 11 is 3.48. The third kappa shape index (κ3) is 2.85. The maximum absolute atomic E-state index is 4.31. The quantitative estimate of drug-likeness (QED) is 0.936. The Morgan fingerprint density at radius 3 is 2.81 bits per heavy atom. The van der Waals surface area contributed by atoms with Gasteiger partial charge in [-0.1, -0.05) is 15.9 Å². The van der Waals surface area contributed by atoms with Crippen LogP contribution in [-0.4, -0.2) is 9.78 Å². The molecule has 1 N–H and O–H groups in total. The van der Waals surface area contributed by atoms with Crippen LogP contribution in [0.15, 0.2) is 34.9 Å². The van der Waals surface area contributed by atoms with Crippen molar-refractivity contribution in [2.24, 2.45) is 7.05 Å². The van der Waals surface area contributed by atoms with E-state index in [9.17, 15) is 0 Å². The van der Waals surface area contributed by atoms with Gasteiger partial charge in [-0.2, -0.15) is 5.10 Å². The summed E-state index contributed by atoms with van der Waals surface area (Å²) in [5.74, 6) is 0. The molecule has 0 spiro atoms. The molecule has 16 heavy (non-hydrogen) atoms. The highest BCUT2D eigenvalue weighted by molar-refractivity contribution is 9.10. The second-order valence-electron chi connectivity index (χ2n) is 3.85. The monoisotopic (exact) mass is 279 g/mol. The Labute approximate surface area is 104 Å². The van der Waals surface area contributed by atoms with Crippen LogP contribution < -0.4 is 5.32 Å². The van der Waals surface area contributed by atoms with E-state index in [1.807, 2.05) is 24.0 Å². The van der Waals surface area contributed by atoms with Gasteiger partial charge >= 0.3 is 0 Å². The van der Waals surface area contributed by atoms with Crippen molar-refractivity contribution in [3.63, 3.8) is 0 Å². The number of nitrogens with zero attached hydrogens (tertiary/aromatic N) is 2. The molecule has 0 aliphatic rings. The van der Waals surface area contributed by atoms with Crippen LogP contribution in [0, 0.1) is 6.92 Å². The lowest BCUT2D eigenvalue weighted by Crippen LogP contribution is -2.01. The van der Waals surface area contributed by atoms with Gasteiger partial charge < -0.3 is 5.32 Å². The van der Waals surface area contributed by atoms with Crippen LogP contribution in [0.2, 0.25) is 0 Å². The van der Waals surface area contributed by atoms with Gasteiger partial charge in [-0.25, -0.2) is 0 Å². The van der Waals surface area contributed by atoms with Gasteiger partial charge in [0, 0.05) is 23.4 Å². The van der Waals surface area contributed by atoms with Crippen LogP contribution in [0.25, 0.3) is 0 Å². The van der Waals surface area contributed by atoms with Crippen LogP contribution >= 0.6 is 15.9 Å². The normalized spacial score (nSPS) is 10.4. The fraction of sp³-hybridized carbons (Fsp3) is 0.250. The topological polar surface area (TPSA) is 29.9 Å². The zero-order chi connectivity index (χ0) is 11.5. The molecule has 1 aromatic heterocycles. The third-order valence-corrected chi connectivity index (χ3v) is 2.74. The molecule has 0 saturated carbocycles. The number of aromatic nitrogens is 2. The van der Waals surface area contributed by atoms with Gasteiger partial charge in [0.2, 0.25) is 0 Å². The fourth-order valence-corrected chi connectivity index (χ4v) is 2.20. The molecular weight excluding hydrogens is 266 g/mol. The number of anilines is 1. The van der Waals surface area contributed by atoms with Crippen molar-refractivity contribution < 1.29 is 0 Å². The molecule has 0 unspecified atom stereocenters. The molecule has 0 atom stereocenters. The van der Waals surface area contributed by atoms with E-state index in [2.05, 4.69) is 51.5 Å². The fourth-order valence-electron chi connectivity index (χ4n) is 1.59. The molecule has 84 valence electrons. The second kappa shape index (κ2) is 4.70. The smallest absolute Gasteiger partial charge is 0.0815 e. The molecule has 1 heterocycles. The molecule has 3 nitrogen and oxygen atoms in total. The van der Waals surface area contributed by atoms with Gasteiger partial charge in [0.15, 0.2) is 0 Å². The highest BCUT2D eigenvalue weighted by Gasteiger charge is 1.99. The van der Waals surface area contributed by atoms with Crippen LogP contribution in [0.4, 0.5) is 5.69 Å². The molecule has 2 rings (SSSR count). The first-order chi connectivity index (χ1) is 7.63. The molecular formula is C12H14BrN3. The van der Waals surface area contributed by atoms with Crippen molar-refractivity contribution in [1.82, 2.24) is 9.78 Å². The van der Waals surface area contributed by atoms with E-state index >= 15 is 0 Å². The lowest BCUT2D eigenvalue weighted by atomic mass is 10.2. The lowest BCUT2D eigenvalue weighted by molar-refractivity contribution is 0.747. The minimum Gasteiger partial charge on any atom is -0.379 e. The molecule has 2 aromatic rings. The largest absolute Gasteiger partial charge is 0.379 e. The van der Waals surface area contributed by atoms with Crippen molar-refractivity contribution in [1.29, 1.82) is 0 Å². The molecule has 0 aliphatic heterocycles. The van der Waals surface area contributed by atoms with Crippen LogP contribution in [0.5, 0.6) is 0 Å². The van der Waals surface area contributed by atoms with E-state index in [4.69, 9.17) is 0 Å². The highest BCUT2D eigenvalue weighted by atomic mass is 79.9. The molecule has 0 bridgehead atoms. The molecule has 1 aromatic carbocycles. The number of hydrogen-bond donors (Lipinski definition) is 1. The molecule has 0 fully saturated rings. The lowest BCUT2D eigenvalue weighted by Gasteiger charge is -2.06. The van der Waals surface area contributed by atoms with Gasteiger partial charge in [-0.15, -0.1) is 0 Å². The average molecular weight is 280 g/mol. The summed E-state index contributed by atoms with van der Waals surface area (Å²) in [6, 6.07) is 8.29. The SMILES string of the molecule is Cc1cc(Br)cc(NCc2ccn(C)n2)c1. The molecule has 0 amide bonds. The van der Waals surface area contributed by atoms with Gasteiger partial charge in [0.25, 0.3) is 0 Å². The van der Waals surface area contributed by atoms with Crippen molar-refractivity contribution in [3.8, 4) is 0 Å². The number of rotatable bonds is 3. The minimum absolute atomic E-state index is 0.747. The van der Waals surface area contributed by atoms with Gasteiger partial charge in [0.1, 0.15) is 0 Å². The Bertz CT molecular complexity index is 471. The van der Waals surface area contributed by atoms with Gasteiger partial charge in [-0.3, -0.25) is 4.68 Å². The van der Waals surface area contributed by atoms with E-state index in [0.29, 0.717) is 0 Å². The number of benzene rings is 1. The predicted molar refractivity (Wildman–Crippen MR) is 69.4 cm³/mol. The predicted octanol–water partition coefficient (Wildman–Crippen LogP) is 3.10. The summed E-state index contributed by atoms with van der Waals surface area (Å²) in [4.78, 5) is 0. The van der Waals surface area contributed by atoms with E-state index < -0.39 is 0 Å². The van der Waals surface area contributed by atoms with Crippen LogP contribution in [0.3, 0.4) is 0 Å². The zero-order valence-corrected chi connectivity index (χ0v) is 11.0. The number of halogens is 1. The molecule has 0 saturated heterocycles. The standard InChI is InChI=1S/C12H14BrN3/c1-9-5-10(13)7-12(6-9)14-8-11-3-4-16(2)15-11/h3-7,14H,8H2,1-2H3. The van der Waals surface area contributed by atoms with E-state index in [-0.39, 0.29) is 0 Å². The Balaban J connectivity index is 2.04. The second-order valence-corrected chi connectivity index (χ2v) is 4.77. The van der Waals surface area contributed by atoms with Crippen LogP contribution in [0.1, 0.15) is 11.3 Å². The summed E-state index contributed by atoms with van der Waals surface area (Å²) < 4.78 is 2.90. The van der Waals surface area contributed by atoms with Gasteiger partial charge in [-0.05, 0) is 36.8 Å². The van der Waals surface area contributed by atoms with E-state index in [1.54, 1.807) is 0 Å². The van der Waals surface area contributed by atoms with E-state index in [0.717, 1.165) is 22.4 Å². The van der Waals surface area contributed by atoms with Crippen molar-refractivity contribution in [3.05, 3.63) is 46.2 Å². The summed E-state index contributed by atoms with van der Waals surface area (Å²) in [7, 11) is 1.92. The molecule has 0 aliphatic carbocycles. The maximum Gasteiger partial charge on any atom is 0.0815 e. The Morgan fingerprint density at radius 1 is 1.38 bits per heavy atom. The first-order valence-electron chi connectivity index (χ1n) is 5.13. The maximum atomic E-state index is 4.31. The Hall–Kier alpha value is -1.29. The van der Waals surface area contributed by atoms with Crippen molar-refractivity contribution in [2.45, 2.75) is 13.5 Å². The summed E-state index contributed by atoms with van der Waals surface area (Å²) in [5, 5.41) is 7.66. The first-order valence-corrected chi connectivity index (χ1v) is 5.92. The third-order valence-electron chi connectivity index (χ3n) is 2.28. The highest BCUT2D eigenvalue weighted by Crippen LogP contribution is 2.19. The average Bonchev–Trinajstić information content (AvgIpc) is 2.60. The number of hydrogen-bond acceptors (Lipinski definition) is 2. The Morgan fingerprint density at radius 2 is 2.19 bits per heavy atom. The van der Waals surface area contributed by atoms with Crippen molar-refractivity contribution >= 4 is 21.6 Å². The molecule has 0 radical (unpaired) electrons.